The molecule has 130 valence electrons. The van der Waals surface area contributed by atoms with Gasteiger partial charge in [0.2, 0.25) is 0 Å². The molecular formula is C19H25BrN2O2. The maximum atomic E-state index is 9.51. The van der Waals surface area contributed by atoms with Gasteiger partial charge < -0.3 is 19.7 Å². The molecule has 4 nitrogen and oxygen atoms in total. The molecule has 0 radical (unpaired) electrons. The lowest BCUT2D eigenvalue weighted by atomic mass is 10.1. The average Bonchev–Trinajstić information content (AvgIpc) is 3.05. The molecule has 0 atom stereocenters. The van der Waals surface area contributed by atoms with Crippen molar-refractivity contribution < 1.29 is 9.52 Å². The van der Waals surface area contributed by atoms with Gasteiger partial charge in [0.15, 0.2) is 0 Å². The highest BCUT2D eigenvalue weighted by Gasteiger charge is 2.15. The van der Waals surface area contributed by atoms with Crippen LogP contribution in [0.4, 0.5) is 0 Å². The predicted octanol–water partition coefficient (Wildman–Crippen LogP) is 3.65. The summed E-state index contributed by atoms with van der Waals surface area (Å²) in [6.45, 7) is 4.88. The van der Waals surface area contributed by atoms with E-state index in [0.29, 0.717) is 0 Å². The first-order valence-corrected chi connectivity index (χ1v) is 9.46. The largest absolute Gasteiger partial charge is 0.460 e. The Kier molecular flexibility index (Phi) is 6.49. The predicted molar refractivity (Wildman–Crippen MR) is 99.8 cm³/mol. The van der Waals surface area contributed by atoms with E-state index in [0.717, 1.165) is 73.5 Å². The first kappa shape index (κ1) is 17.7. The number of furan rings is 1. The SMILES string of the molecule is OC1CCN(CCCNCc2ccc(-c3cccc(Br)c3)o2)CC1. The summed E-state index contributed by atoms with van der Waals surface area (Å²) in [6.07, 6.45) is 2.86. The highest BCUT2D eigenvalue weighted by Crippen LogP contribution is 2.24. The third kappa shape index (κ3) is 5.18. The quantitative estimate of drug-likeness (QED) is 0.706. The Morgan fingerprint density at radius 3 is 2.83 bits per heavy atom. The fourth-order valence-corrected chi connectivity index (χ4v) is 3.45. The summed E-state index contributed by atoms with van der Waals surface area (Å²) in [5.74, 6) is 1.87. The molecule has 0 aliphatic carbocycles. The Labute approximate surface area is 152 Å². The fraction of sp³-hybridized carbons (Fsp3) is 0.474. The molecule has 0 bridgehead atoms. The maximum Gasteiger partial charge on any atom is 0.134 e. The smallest absolute Gasteiger partial charge is 0.134 e. The van der Waals surface area contributed by atoms with Gasteiger partial charge in [-0.3, -0.25) is 0 Å². The van der Waals surface area contributed by atoms with E-state index in [1.54, 1.807) is 0 Å². The zero-order valence-corrected chi connectivity index (χ0v) is 15.5. The van der Waals surface area contributed by atoms with Gasteiger partial charge in [-0.2, -0.15) is 0 Å². The van der Waals surface area contributed by atoms with Crippen LogP contribution in [0.5, 0.6) is 0 Å². The van der Waals surface area contributed by atoms with Gasteiger partial charge >= 0.3 is 0 Å². The minimum atomic E-state index is -0.0854. The molecule has 0 amide bonds. The van der Waals surface area contributed by atoms with Crippen LogP contribution < -0.4 is 5.32 Å². The second-order valence-electron chi connectivity index (χ2n) is 6.38. The van der Waals surface area contributed by atoms with E-state index in [1.807, 2.05) is 24.3 Å². The lowest BCUT2D eigenvalue weighted by Gasteiger charge is -2.29. The van der Waals surface area contributed by atoms with Gasteiger partial charge in [0, 0.05) is 23.1 Å². The Hall–Kier alpha value is -1.14. The van der Waals surface area contributed by atoms with Crippen molar-refractivity contribution in [2.75, 3.05) is 26.2 Å². The van der Waals surface area contributed by atoms with Crippen molar-refractivity contribution in [3.8, 4) is 11.3 Å². The van der Waals surface area contributed by atoms with E-state index in [2.05, 4.69) is 38.3 Å². The molecule has 1 aliphatic heterocycles. The number of aliphatic hydroxyl groups excluding tert-OH is 1. The molecule has 0 saturated carbocycles. The number of hydrogen-bond acceptors (Lipinski definition) is 4. The standard InChI is InChI=1S/C19H25BrN2O2/c20-16-4-1-3-15(13-16)19-6-5-18(24-19)14-21-9-2-10-22-11-7-17(23)8-12-22/h1,3-6,13,17,21,23H,2,7-12,14H2. The topological polar surface area (TPSA) is 48.6 Å². The van der Waals surface area contributed by atoms with Crippen LogP contribution in [-0.2, 0) is 6.54 Å². The van der Waals surface area contributed by atoms with Crippen molar-refractivity contribution in [1.29, 1.82) is 0 Å². The summed E-state index contributed by atoms with van der Waals surface area (Å²) in [5, 5.41) is 13.0. The third-order valence-electron chi connectivity index (χ3n) is 4.46. The van der Waals surface area contributed by atoms with Crippen molar-refractivity contribution in [2.24, 2.45) is 0 Å². The molecule has 0 spiro atoms. The maximum absolute atomic E-state index is 9.51. The van der Waals surface area contributed by atoms with Gasteiger partial charge in [0.05, 0.1) is 12.6 Å². The molecule has 24 heavy (non-hydrogen) atoms. The second-order valence-corrected chi connectivity index (χ2v) is 7.30. The zero-order valence-electron chi connectivity index (χ0n) is 13.9. The van der Waals surface area contributed by atoms with Crippen molar-refractivity contribution in [3.05, 3.63) is 46.6 Å². The molecule has 1 aliphatic rings. The molecule has 1 fully saturated rings. The lowest BCUT2D eigenvalue weighted by molar-refractivity contribution is 0.0821. The molecule has 1 aromatic carbocycles. The van der Waals surface area contributed by atoms with E-state index in [-0.39, 0.29) is 6.10 Å². The highest BCUT2D eigenvalue weighted by molar-refractivity contribution is 9.10. The Morgan fingerprint density at radius 1 is 1.21 bits per heavy atom. The number of benzene rings is 1. The molecule has 2 heterocycles. The van der Waals surface area contributed by atoms with E-state index in [4.69, 9.17) is 4.42 Å². The normalized spacial score (nSPS) is 16.6. The Balaban J connectivity index is 1.37. The number of rotatable bonds is 7. The molecular weight excluding hydrogens is 368 g/mol. The van der Waals surface area contributed by atoms with Crippen molar-refractivity contribution >= 4 is 15.9 Å². The number of piperidine rings is 1. The molecule has 5 heteroatoms. The molecule has 3 rings (SSSR count). The van der Waals surface area contributed by atoms with Crippen molar-refractivity contribution in [3.63, 3.8) is 0 Å². The average molecular weight is 393 g/mol. The summed E-state index contributed by atoms with van der Waals surface area (Å²) in [6, 6.07) is 12.2. The number of likely N-dealkylation sites (tertiary alicyclic amines) is 1. The summed E-state index contributed by atoms with van der Waals surface area (Å²) in [4.78, 5) is 2.44. The molecule has 1 saturated heterocycles. The van der Waals surface area contributed by atoms with Crippen LogP contribution in [0, 0.1) is 0 Å². The van der Waals surface area contributed by atoms with Crippen molar-refractivity contribution in [1.82, 2.24) is 10.2 Å². The van der Waals surface area contributed by atoms with Gasteiger partial charge in [0.1, 0.15) is 11.5 Å². The van der Waals surface area contributed by atoms with E-state index < -0.39 is 0 Å². The summed E-state index contributed by atoms with van der Waals surface area (Å²) >= 11 is 3.49. The van der Waals surface area contributed by atoms with Gasteiger partial charge in [-0.05, 0) is 56.6 Å². The second kappa shape index (κ2) is 8.81. The fourth-order valence-electron chi connectivity index (χ4n) is 3.05. The van der Waals surface area contributed by atoms with Gasteiger partial charge in [-0.1, -0.05) is 28.1 Å². The third-order valence-corrected chi connectivity index (χ3v) is 4.95. The van der Waals surface area contributed by atoms with Crippen LogP contribution in [0.25, 0.3) is 11.3 Å². The number of hydrogen-bond donors (Lipinski definition) is 2. The van der Waals surface area contributed by atoms with Gasteiger partial charge in [-0.25, -0.2) is 0 Å². The van der Waals surface area contributed by atoms with Gasteiger partial charge in [0.25, 0.3) is 0 Å². The first-order chi connectivity index (χ1) is 11.7. The van der Waals surface area contributed by atoms with Crippen LogP contribution in [-0.4, -0.2) is 42.3 Å². The van der Waals surface area contributed by atoms with E-state index >= 15 is 0 Å². The monoisotopic (exact) mass is 392 g/mol. The summed E-state index contributed by atoms with van der Waals surface area (Å²) < 4.78 is 6.97. The molecule has 2 N–H and O–H groups in total. The number of nitrogens with zero attached hydrogens (tertiary/aromatic N) is 1. The molecule has 2 aromatic rings. The van der Waals surface area contributed by atoms with Crippen molar-refractivity contribution in [2.45, 2.75) is 31.9 Å². The minimum Gasteiger partial charge on any atom is -0.460 e. The Morgan fingerprint density at radius 2 is 2.04 bits per heavy atom. The molecule has 0 unspecified atom stereocenters. The van der Waals surface area contributed by atoms with Crippen LogP contribution >= 0.6 is 15.9 Å². The van der Waals surface area contributed by atoms with Gasteiger partial charge in [-0.15, -0.1) is 0 Å². The summed E-state index contributed by atoms with van der Waals surface area (Å²) in [7, 11) is 0. The summed E-state index contributed by atoms with van der Waals surface area (Å²) in [5.41, 5.74) is 1.09. The molecule has 1 aromatic heterocycles. The van der Waals surface area contributed by atoms with Crippen LogP contribution in [0.3, 0.4) is 0 Å². The van der Waals surface area contributed by atoms with Crippen LogP contribution in [0.15, 0.2) is 45.3 Å². The van der Waals surface area contributed by atoms with E-state index in [1.165, 1.54) is 0 Å². The van der Waals surface area contributed by atoms with Crippen LogP contribution in [0.2, 0.25) is 0 Å². The lowest BCUT2D eigenvalue weighted by Crippen LogP contribution is -2.37. The van der Waals surface area contributed by atoms with E-state index in [9.17, 15) is 5.11 Å². The first-order valence-electron chi connectivity index (χ1n) is 8.66. The number of halogens is 1. The van der Waals surface area contributed by atoms with Crippen LogP contribution in [0.1, 0.15) is 25.0 Å². The minimum absolute atomic E-state index is 0.0854. The number of aliphatic hydroxyl groups is 1. The Bertz CT molecular complexity index is 636. The zero-order chi connectivity index (χ0) is 16.8. The highest BCUT2D eigenvalue weighted by atomic mass is 79.9. The number of nitrogens with one attached hydrogen (secondary N) is 1.